The van der Waals surface area contributed by atoms with E-state index in [1.54, 1.807) is 11.3 Å². The molecular weight excluding hydrogens is 294 g/mol. The Labute approximate surface area is 134 Å². The molecule has 1 aromatic heterocycles. The lowest BCUT2D eigenvalue weighted by molar-refractivity contribution is 0.171. The number of hydrogen-bond acceptors (Lipinski definition) is 5. The van der Waals surface area contributed by atoms with Gasteiger partial charge in [0.05, 0.1) is 6.10 Å². The Morgan fingerprint density at radius 2 is 1.73 bits per heavy atom. The normalized spacial score (nSPS) is 30.5. The minimum atomic E-state index is -0.0625. The highest BCUT2D eigenvalue weighted by atomic mass is 32.1. The van der Waals surface area contributed by atoms with Crippen molar-refractivity contribution in [2.24, 2.45) is 11.8 Å². The maximum Gasteiger partial charge on any atom is 0.208 e. The summed E-state index contributed by atoms with van der Waals surface area (Å²) in [7, 11) is 2.14. The molecule has 2 fully saturated rings. The summed E-state index contributed by atoms with van der Waals surface area (Å²) >= 11 is 1.66. The van der Waals surface area contributed by atoms with E-state index in [-0.39, 0.29) is 6.10 Å². The summed E-state index contributed by atoms with van der Waals surface area (Å²) in [5.74, 6) is 1.40. The van der Waals surface area contributed by atoms with Crippen molar-refractivity contribution in [3.63, 3.8) is 0 Å². The van der Waals surface area contributed by atoms with Gasteiger partial charge in [0.15, 0.2) is 0 Å². The fraction of sp³-hybridized carbons (Fsp3) is 0.529. The molecule has 0 radical (unpaired) electrons. The molecule has 0 spiro atoms. The number of benzene rings is 1. The molecule has 2 unspecified atom stereocenters. The molecule has 4 rings (SSSR count). The Morgan fingerprint density at radius 1 is 1.05 bits per heavy atom. The monoisotopic (exact) mass is 315 g/mol. The molecule has 0 aliphatic heterocycles. The molecule has 2 aliphatic rings. The third-order valence-electron chi connectivity index (χ3n) is 5.25. The first-order valence-corrected chi connectivity index (χ1v) is 8.82. The molecule has 4 nitrogen and oxygen atoms in total. The second-order valence-electron chi connectivity index (χ2n) is 6.64. The van der Waals surface area contributed by atoms with Crippen LogP contribution in [0.4, 0.5) is 5.13 Å². The average molecular weight is 315 g/mol. The lowest BCUT2D eigenvalue weighted by atomic mass is 10.0. The van der Waals surface area contributed by atoms with Gasteiger partial charge in [-0.1, -0.05) is 41.7 Å². The number of nitrogens with zero attached hydrogens (tertiary/aromatic N) is 3. The van der Waals surface area contributed by atoms with Crippen LogP contribution in [0.25, 0.3) is 10.6 Å². The summed E-state index contributed by atoms with van der Waals surface area (Å²) in [5, 5.41) is 20.5. The van der Waals surface area contributed by atoms with Crippen LogP contribution in [0.15, 0.2) is 30.3 Å². The Kier molecular flexibility index (Phi) is 3.62. The van der Waals surface area contributed by atoms with Gasteiger partial charge in [0, 0.05) is 18.7 Å². The van der Waals surface area contributed by atoms with E-state index in [0.29, 0.717) is 17.9 Å². The molecule has 1 heterocycles. The molecule has 0 bridgehead atoms. The van der Waals surface area contributed by atoms with E-state index in [2.05, 4.69) is 34.3 Å². The molecule has 1 N–H and O–H groups in total. The van der Waals surface area contributed by atoms with Crippen LogP contribution in [0.3, 0.4) is 0 Å². The number of aliphatic hydroxyl groups is 1. The van der Waals surface area contributed by atoms with Gasteiger partial charge in [-0.25, -0.2) is 0 Å². The van der Waals surface area contributed by atoms with Crippen LogP contribution < -0.4 is 4.90 Å². The number of fused-ring (bicyclic) bond motifs is 1. The van der Waals surface area contributed by atoms with E-state index >= 15 is 0 Å². The third-order valence-corrected chi connectivity index (χ3v) is 6.31. The third kappa shape index (κ3) is 2.52. The summed E-state index contributed by atoms with van der Waals surface area (Å²) < 4.78 is 0. The van der Waals surface area contributed by atoms with Crippen LogP contribution in [0.1, 0.15) is 25.7 Å². The van der Waals surface area contributed by atoms with Crippen LogP contribution in [0, 0.1) is 11.8 Å². The lowest BCUT2D eigenvalue weighted by Crippen LogP contribution is -2.30. The molecule has 22 heavy (non-hydrogen) atoms. The standard InChI is InChI=1S/C17H21N3OS/c1-20(14-7-12-9-15(21)10-13(12)8-14)17-19-18-16(22-17)11-5-3-2-4-6-11/h2-6,12-15,21H,7-10H2,1H3/t12-,13+,14?,15?. The molecule has 0 amide bonds. The molecule has 0 saturated heterocycles. The number of hydrogen-bond donors (Lipinski definition) is 1. The van der Waals surface area contributed by atoms with E-state index in [9.17, 15) is 5.11 Å². The molecule has 116 valence electrons. The fourth-order valence-corrected chi connectivity index (χ4v) is 4.96. The zero-order valence-electron chi connectivity index (χ0n) is 12.7. The molecular formula is C17H21N3OS. The fourth-order valence-electron chi connectivity index (χ4n) is 4.08. The maximum absolute atomic E-state index is 9.77. The first kappa shape index (κ1) is 14.2. The number of aromatic nitrogens is 2. The summed E-state index contributed by atoms with van der Waals surface area (Å²) in [5.41, 5.74) is 1.13. The Balaban J connectivity index is 1.48. The minimum Gasteiger partial charge on any atom is -0.393 e. The predicted molar refractivity (Wildman–Crippen MR) is 89.0 cm³/mol. The number of aliphatic hydroxyl groups excluding tert-OH is 1. The highest BCUT2D eigenvalue weighted by Crippen LogP contribution is 2.46. The molecule has 2 aliphatic carbocycles. The topological polar surface area (TPSA) is 49.2 Å². The van der Waals surface area contributed by atoms with E-state index in [0.717, 1.165) is 28.5 Å². The van der Waals surface area contributed by atoms with Crippen molar-refractivity contribution in [2.75, 3.05) is 11.9 Å². The lowest BCUT2D eigenvalue weighted by Gasteiger charge is -2.24. The molecule has 2 aromatic rings. The molecule has 2 saturated carbocycles. The smallest absolute Gasteiger partial charge is 0.208 e. The first-order chi connectivity index (χ1) is 10.7. The van der Waals surface area contributed by atoms with Crippen LogP contribution >= 0.6 is 11.3 Å². The summed E-state index contributed by atoms with van der Waals surface area (Å²) in [4.78, 5) is 2.30. The Morgan fingerprint density at radius 3 is 2.41 bits per heavy atom. The van der Waals surface area contributed by atoms with Crippen molar-refractivity contribution < 1.29 is 5.11 Å². The van der Waals surface area contributed by atoms with Gasteiger partial charge in [-0.15, -0.1) is 10.2 Å². The van der Waals surface area contributed by atoms with Crippen molar-refractivity contribution in [3.05, 3.63) is 30.3 Å². The maximum atomic E-state index is 9.77. The first-order valence-electron chi connectivity index (χ1n) is 8.00. The highest BCUT2D eigenvalue weighted by Gasteiger charge is 2.42. The second-order valence-corrected chi connectivity index (χ2v) is 7.59. The zero-order chi connectivity index (χ0) is 15.1. The van der Waals surface area contributed by atoms with E-state index in [1.165, 1.54) is 12.8 Å². The number of anilines is 1. The van der Waals surface area contributed by atoms with Crippen molar-refractivity contribution >= 4 is 16.5 Å². The molecule has 4 atom stereocenters. The zero-order valence-corrected chi connectivity index (χ0v) is 13.5. The largest absolute Gasteiger partial charge is 0.393 e. The Hall–Kier alpha value is -1.46. The van der Waals surface area contributed by atoms with Crippen LogP contribution in [-0.2, 0) is 0 Å². The summed E-state index contributed by atoms with van der Waals surface area (Å²) in [6.07, 6.45) is 4.27. The van der Waals surface area contributed by atoms with Crippen molar-refractivity contribution in [1.82, 2.24) is 10.2 Å². The van der Waals surface area contributed by atoms with Gasteiger partial charge in [0.1, 0.15) is 5.01 Å². The molecule has 5 heteroatoms. The Bertz CT molecular complexity index is 630. The van der Waals surface area contributed by atoms with Gasteiger partial charge in [-0.2, -0.15) is 0 Å². The quantitative estimate of drug-likeness (QED) is 0.945. The summed E-state index contributed by atoms with van der Waals surface area (Å²) in [6, 6.07) is 10.8. The van der Waals surface area contributed by atoms with Crippen molar-refractivity contribution in [3.8, 4) is 10.6 Å². The number of rotatable bonds is 3. The van der Waals surface area contributed by atoms with Crippen molar-refractivity contribution in [2.45, 2.75) is 37.8 Å². The minimum absolute atomic E-state index is 0.0625. The van der Waals surface area contributed by atoms with Gasteiger partial charge in [-0.05, 0) is 37.5 Å². The predicted octanol–water partition coefficient (Wildman–Crippen LogP) is 3.19. The SMILES string of the molecule is CN(c1nnc(-c2ccccc2)s1)C1C[C@H]2CC(O)C[C@H]2C1. The van der Waals surface area contributed by atoms with E-state index in [4.69, 9.17) is 0 Å². The van der Waals surface area contributed by atoms with E-state index < -0.39 is 0 Å². The second kappa shape index (κ2) is 5.63. The molecule has 1 aromatic carbocycles. The van der Waals surface area contributed by atoms with E-state index in [1.807, 2.05) is 18.2 Å². The van der Waals surface area contributed by atoms with Crippen LogP contribution in [0.5, 0.6) is 0 Å². The van der Waals surface area contributed by atoms with Gasteiger partial charge in [0.2, 0.25) is 5.13 Å². The van der Waals surface area contributed by atoms with Gasteiger partial charge in [-0.3, -0.25) is 0 Å². The van der Waals surface area contributed by atoms with Crippen LogP contribution in [-0.4, -0.2) is 34.5 Å². The average Bonchev–Trinajstić information content (AvgIpc) is 3.21. The van der Waals surface area contributed by atoms with Crippen molar-refractivity contribution in [1.29, 1.82) is 0 Å². The highest BCUT2D eigenvalue weighted by molar-refractivity contribution is 7.18. The van der Waals surface area contributed by atoms with Gasteiger partial charge in [0.25, 0.3) is 0 Å². The summed E-state index contributed by atoms with van der Waals surface area (Å²) in [6.45, 7) is 0. The van der Waals surface area contributed by atoms with Gasteiger partial charge >= 0.3 is 0 Å². The van der Waals surface area contributed by atoms with Gasteiger partial charge < -0.3 is 10.0 Å². The van der Waals surface area contributed by atoms with Crippen LogP contribution in [0.2, 0.25) is 0 Å².